The van der Waals surface area contributed by atoms with Gasteiger partial charge in [0.05, 0.1) is 0 Å². The van der Waals surface area contributed by atoms with Crippen LogP contribution in [0.25, 0.3) is 110 Å². The minimum absolute atomic E-state index is 0.601. The zero-order valence-electron chi connectivity index (χ0n) is 28.5. The van der Waals surface area contributed by atoms with E-state index in [0.717, 1.165) is 55.1 Å². The Morgan fingerprint density at radius 2 is 0.906 bits per heavy atom. The fraction of sp³-hybridized carbons (Fsp3) is 0. The SMILES string of the molecule is c1cc(-c2nc(-c3ccc4ccccc4c3)nc(-c3cccc4oc5ccccc5c34)n2)cc(-c2cccc3c2ccc2ccc4ccccc4c23)c1. The van der Waals surface area contributed by atoms with Gasteiger partial charge in [0.25, 0.3) is 0 Å². The van der Waals surface area contributed by atoms with Crippen LogP contribution in [0.2, 0.25) is 0 Å². The molecule has 0 saturated heterocycles. The van der Waals surface area contributed by atoms with Crippen LogP contribution >= 0.6 is 0 Å². The molecule has 11 rings (SSSR count). The van der Waals surface area contributed by atoms with Gasteiger partial charge in [-0.25, -0.2) is 15.0 Å². The summed E-state index contributed by atoms with van der Waals surface area (Å²) in [4.78, 5) is 15.5. The van der Waals surface area contributed by atoms with E-state index in [1.54, 1.807) is 0 Å². The third kappa shape index (κ3) is 4.80. The quantitative estimate of drug-likeness (QED) is 0.174. The van der Waals surface area contributed by atoms with Crippen molar-refractivity contribution >= 4 is 65.0 Å². The molecule has 0 atom stereocenters. The fourth-order valence-corrected chi connectivity index (χ4v) is 7.99. The number of hydrogen-bond acceptors (Lipinski definition) is 4. The monoisotopic (exact) mass is 675 g/mol. The van der Waals surface area contributed by atoms with Gasteiger partial charge in [0, 0.05) is 27.5 Å². The topological polar surface area (TPSA) is 51.8 Å². The van der Waals surface area contributed by atoms with E-state index < -0.39 is 0 Å². The molecule has 4 heteroatoms. The summed E-state index contributed by atoms with van der Waals surface area (Å²) < 4.78 is 6.27. The normalized spacial score (nSPS) is 11.8. The zero-order chi connectivity index (χ0) is 34.9. The number of nitrogens with zero attached hydrogens (tertiary/aromatic N) is 3. The summed E-state index contributed by atoms with van der Waals surface area (Å²) in [5, 5.41) is 11.8. The molecule has 0 N–H and O–H groups in total. The molecule has 9 aromatic carbocycles. The van der Waals surface area contributed by atoms with E-state index in [1.807, 2.05) is 30.3 Å². The van der Waals surface area contributed by atoms with Crippen LogP contribution in [0.5, 0.6) is 0 Å². The summed E-state index contributed by atoms with van der Waals surface area (Å²) in [6.07, 6.45) is 0. The summed E-state index contributed by atoms with van der Waals surface area (Å²) in [6.45, 7) is 0. The van der Waals surface area contributed by atoms with Crippen molar-refractivity contribution in [3.8, 4) is 45.3 Å². The van der Waals surface area contributed by atoms with Crippen molar-refractivity contribution < 1.29 is 4.42 Å². The highest BCUT2D eigenvalue weighted by Crippen LogP contribution is 2.39. The summed E-state index contributed by atoms with van der Waals surface area (Å²) in [5.41, 5.74) is 6.66. The molecule has 0 spiro atoms. The van der Waals surface area contributed by atoms with E-state index in [1.165, 1.54) is 37.7 Å². The second-order valence-corrected chi connectivity index (χ2v) is 13.6. The average Bonchev–Trinajstić information content (AvgIpc) is 3.62. The molecule has 0 aliphatic rings. The van der Waals surface area contributed by atoms with E-state index in [2.05, 4.69) is 146 Å². The van der Waals surface area contributed by atoms with Crippen LogP contribution in [-0.4, -0.2) is 15.0 Å². The Balaban J connectivity index is 1.12. The third-order valence-corrected chi connectivity index (χ3v) is 10.5. The van der Waals surface area contributed by atoms with E-state index in [9.17, 15) is 0 Å². The van der Waals surface area contributed by atoms with Gasteiger partial charge >= 0.3 is 0 Å². The summed E-state index contributed by atoms with van der Waals surface area (Å²) >= 11 is 0. The van der Waals surface area contributed by atoms with Gasteiger partial charge in [-0.2, -0.15) is 0 Å². The maximum absolute atomic E-state index is 6.27. The van der Waals surface area contributed by atoms with Gasteiger partial charge in [-0.05, 0) is 78.5 Å². The maximum Gasteiger partial charge on any atom is 0.164 e. The molecule has 53 heavy (non-hydrogen) atoms. The summed E-state index contributed by atoms with van der Waals surface area (Å²) in [7, 11) is 0. The lowest BCUT2D eigenvalue weighted by molar-refractivity contribution is 0.669. The first-order valence-corrected chi connectivity index (χ1v) is 17.9. The first kappa shape index (κ1) is 29.5. The highest BCUT2D eigenvalue weighted by molar-refractivity contribution is 6.22. The molecule has 0 saturated carbocycles. The first-order valence-electron chi connectivity index (χ1n) is 17.9. The minimum Gasteiger partial charge on any atom is -0.456 e. The Labute approximate surface area is 304 Å². The molecule has 2 heterocycles. The molecular formula is C49H29N3O. The lowest BCUT2D eigenvalue weighted by Crippen LogP contribution is -2.00. The Morgan fingerprint density at radius 3 is 1.81 bits per heavy atom. The van der Waals surface area contributed by atoms with Gasteiger partial charge in [0.15, 0.2) is 17.5 Å². The molecule has 0 radical (unpaired) electrons. The molecule has 0 aliphatic heterocycles. The van der Waals surface area contributed by atoms with Crippen molar-refractivity contribution in [3.63, 3.8) is 0 Å². The Morgan fingerprint density at radius 1 is 0.302 bits per heavy atom. The molecule has 0 aliphatic carbocycles. The predicted molar refractivity (Wildman–Crippen MR) is 219 cm³/mol. The minimum atomic E-state index is 0.601. The van der Waals surface area contributed by atoms with Crippen LogP contribution in [-0.2, 0) is 0 Å². The van der Waals surface area contributed by atoms with Crippen molar-refractivity contribution in [2.45, 2.75) is 0 Å². The molecule has 4 nitrogen and oxygen atoms in total. The molecule has 0 bridgehead atoms. The highest BCUT2D eigenvalue weighted by atomic mass is 16.3. The van der Waals surface area contributed by atoms with E-state index in [0.29, 0.717) is 17.5 Å². The zero-order valence-corrected chi connectivity index (χ0v) is 28.5. The summed E-state index contributed by atoms with van der Waals surface area (Å²) in [6, 6.07) is 61.7. The van der Waals surface area contributed by atoms with Crippen molar-refractivity contribution in [2.75, 3.05) is 0 Å². The smallest absolute Gasteiger partial charge is 0.164 e. The van der Waals surface area contributed by atoms with E-state index >= 15 is 0 Å². The molecule has 11 aromatic rings. The lowest BCUT2D eigenvalue weighted by atomic mass is 9.92. The first-order chi connectivity index (χ1) is 26.2. The number of aromatic nitrogens is 3. The second-order valence-electron chi connectivity index (χ2n) is 13.6. The molecule has 0 unspecified atom stereocenters. The van der Waals surface area contributed by atoms with Crippen molar-refractivity contribution in [3.05, 3.63) is 176 Å². The number of benzene rings is 9. The Hall–Kier alpha value is -7.17. The van der Waals surface area contributed by atoms with Gasteiger partial charge in [0.2, 0.25) is 0 Å². The standard InChI is InChI=1S/C49H29N3O/c1-2-12-33-28-36(25-22-30(33)10-1)48-50-47(51-49(52-48)42-19-9-21-44-46(42)41-16-5-6-20-43(41)53-44)35-14-7-13-34(29-35)37-17-8-18-40-39(37)27-26-32-24-23-31-11-3-4-15-38(31)45(32)40/h1-29H. The van der Waals surface area contributed by atoms with Crippen LogP contribution in [0.4, 0.5) is 0 Å². The van der Waals surface area contributed by atoms with Crippen LogP contribution in [0.3, 0.4) is 0 Å². The number of para-hydroxylation sites is 1. The molecule has 2 aromatic heterocycles. The predicted octanol–water partition coefficient (Wildman–Crippen LogP) is 13.1. The Kier molecular flexibility index (Phi) is 6.52. The molecule has 0 amide bonds. The number of hydrogen-bond donors (Lipinski definition) is 0. The Bertz CT molecular complexity index is 3250. The lowest BCUT2D eigenvalue weighted by Gasteiger charge is -2.13. The highest BCUT2D eigenvalue weighted by Gasteiger charge is 2.18. The van der Waals surface area contributed by atoms with E-state index in [-0.39, 0.29) is 0 Å². The molecule has 246 valence electrons. The van der Waals surface area contributed by atoms with Gasteiger partial charge in [-0.3, -0.25) is 0 Å². The van der Waals surface area contributed by atoms with Crippen LogP contribution in [0.1, 0.15) is 0 Å². The van der Waals surface area contributed by atoms with Crippen molar-refractivity contribution in [1.82, 2.24) is 15.0 Å². The van der Waals surface area contributed by atoms with Gasteiger partial charge in [-0.1, -0.05) is 152 Å². The average molecular weight is 676 g/mol. The van der Waals surface area contributed by atoms with Crippen molar-refractivity contribution in [2.24, 2.45) is 0 Å². The fourth-order valence-electron chi connectivity index (χ4n) is 7.99. The van der Waals surface area contributed by atoms with Gasteiger partial charge in [-0.15, -0.1) is 0 Å². The summed E-state index contributed by atoms with van der Waals surface area (Å²) in [5.74, 6) is 1.83. The van der Waals surface area contributed by atoms with Gasteiger partial charge < -0.3 is 4.42 Å². The molecule has 0 fully saturated rings. The third-order valence-electron chi connectivity index (χ3n) is 10.5. The molecular weight excluding hydrogens is 647 g/mol. The van der Waals surface area contributed by atoms with Crippen LogP contribution in [0.15, 0.2) is 180 Å². The number of rotatable bonds is 4. The maximum atomic E-state index is 6.27. The van der Waals surface area contributed by atoms with Crippen LogP contribution < -0.4 is 0 Å². The van der Waals surface area contributed by atoms with E-state index in [4.69, 9.17) is 19.4 Å². The van der Waals surface area contributed by atoms with Crippen LogP contribution in [0, 0.1) is 0 Å². The number of furan rings is 1. The largest absolute Gasteiger partial charge is 0.456 e. The number of fused-ring (bicyclic) bond motifs is 9. The second kappa shape index (κ2) is 11.7. The van der Waals surface area contributed by atoms with Gasteiger partial charge in [0.1, 0.15) is 11.2 Å². The van der Waals surface area contributed by atoms with Crippen molar-refractivity contribution in [1.29, 1.82) is 0 Å².